The second-order valence-corrected chi connectivity index (χ2v) is 7.19. The molecule has 0 saturated carbocycles. The van der Waals surface area contributed by atoms with E-state index in [1.807, 2.05) is 13.8 Å². The number of fused-ring (bicyclic) bond motifs is 1. The summed E-state index contributed by atoms with van der Waals surface area (Å²) < 4.78 is 13.5. The number of rotatable bonds is 5. The van der Waals surface area contributed by atoms with Crippen LogP contribution in [0.3, 0.4) is 0 Å². The summed E-state index contributed by atoms with van der Waals surface area (Å²) in [5, 5.41) is 10.2. The number of nitrogens with zero attached hydrogens (tertiary/aromatic N) is 3. The third kappa shape index (κ3) is 4.00. The standard InChI is InChI=1S/C19H24FN7/c1-11(2)23-19-22-10-14(17(27-19)24-13-4-3-7-21-9-13)18-25-15-6-5-12(20)8-16(15)26-18/h5-6,8,10-11,13,21H,3-4,7,9H2,1-2H3,(H,25,26)(H2,22,23,24,27). The Morgan fingerprint density at radius 2 is 2.15 bits per heavy atom. The Balaban J connectivity index is 1.72. The molecule has 1 fully saturated rings. The fraction of sp³-hybridized carbons (Fsp3) is 0.421. The first-order valence-electron chi connectivity index (χ1n) is 9.35. The third-order valence-electron chi connectivity index (χ3n) is 4.54. The fourth-order valence-electron chi connectivity index (χ4n) is 3.27. The van der Waals surface area contributed by atoms with Gasteiger partial charge in [-0.3, -0.25) is 0 Å². The lowest BCUT2D eigenvalue weighted by Gasteiger charge is -2.25. The van der Waals surface area contributed by atoms with E-state index in [2.05, 4.69) is 35.9 Å². The average molecular weight is 369 g/mol. The van der Waals surface area contributed by atoms with Crippen LogP contribution in [0, 0.1) is 5.82 Å². The molecule has 3 heterocycles. The molecule has 1 saturated heterocycles. The monoisotopic (exact) mass is 369 g/mol. The van der Waals surface area contributed by atoms with Crippen LogP contribution in [-0.2, 0) is 0 Å². The maximum absolute atomic E-state index is 13.5. The van der Waals surface area contributed by atoms with Gasteiger partial charge in [-0.2, -0.15) is 4.98 Å². The number of halogens is 1. The highest BCUT2D eigenvalue weighted by molar-refractivity contribution is 5.82. The molecule has 0 bridgehead atoms. The van der Waals surface area contributed by atoms with Crippen molar-refractivity contribution in [1.82, 2.24) is 25.3 Å². The van der Waals surface area contributed by atoms with Crippen molar-refractivity contribution in [3.63, 3.8) is 0 Å². The molecule has 7 nitrogen and oxygen atoms in total. The number of imidazole rings is 1. The van der Waals surface area contributed by atoms with Gasteiger partial charge in [-0.05, 0) is 51.4 Å². The number of piperidine rings is 1. The maximum atomic E-state index is 13.5. The van der Waals surface area contributed by atoms with Crippen LogP contribution < -0.4 is 16.0 Å². The van der Waals surface area contributed by atoms with Crippen LogP contribution >= 0.6 is 0 Å². The number of benzene rings is 1. The van der Waals surface area contributed by atoms with Gasteiger partial charge in [0.1, 0.15) is 17.5 Å². The molecule has 2 aromatic heterocycles. The van der Waals surface area contributed by atoms with E-state index >= 15 is 0 Å². The number of hydrogen-bond donors (Lipinski definition) is 4. The lowest BCUT2D eigenvalue weighted by atomic mass is 10.1. The zero-order chi connectivity index (χ0) is 18.8. The Morgan fingerprint density at radius 1 is 1.26 bits per heavy atom. The van der Waals surface area contributed by atoms with E-state index in [4.69, 9.17) is 0 Å². The minimum Gasteiger partial charge on any atom is -0.365 e. The zero-order valence-corrected chi connectivity index (χ0v) is 15.5. The molecule has 0 aliphatic carbocycles. The first-order valence-corrected chi connectivity index (χ1v) is 9.35. The van der Waals surface area contributed by atoms with Crippen molar-refractivity contribution in [2.24, 2.45) is 0 Å². The van der Waals surface area contributed by atoms with Gasteiger partial charge in [0, 0.05) is 24.8 Å². The van der Waals surface area contributed by atoms with Crippen LogP contribution in [0.4, 0.5) is 16.2 Å². The molecule has 8 heteroatoms. The molecule has 27 heavy (non-hydrogen) atoms. The van der Waals surface area contributed by atoms with E-state index < -0.39 is 0 Å². The SMILES string of the molecule is CC(C)Nc1ncc(-c2nc3ccc(F)cc3[nH]2)c(NC2CCCNC2)n1. The Kier molecular flexibility index (Phi) is 4.89. The minimum atomic E-state index is -0.294. The Hall–Kier alpha value is -2.74. The average Bonchev–Trinajstić information content (AvgIpc) is 3.05. The van der Waals surface area contributed by atoms with Crippen molar-refractivity contribution >= 4 is 22.8 Å². The molecule has 1 unspecified atom stereocenters. The number of nitrogens with one attached hydrogen (secondary N) is 4. The fourth-order valence-corrected chi connectivity index (χ4v) is 3.27. The van der Waals surface area contributed by atoms with Gasteiger partial charge in [-0.25, -0.2) is 14.4 Å². The molecule has 1 aliphatic rings. The number of hydrogen-bond acceptors (Lipinski definition) is 6. The largest absolute Gasteiger partial charge is 0.365 e. The van der Waals surface area contributed by atoms with Gasteiger partial charge in [-0.1, -0.05) is 0 Å². The Labute approximate surface area is 157 Å². The van der Waals surface area contributed by atoms with Crippen LogP contribution in [0.15, 0.2) is 24.4 Å². The first kappa shape index (κ1) is 17.7. The molecule has 4 N–H and O–H groups in total. The molecule has 1 atom stereocenters. The van der Waals surface area contributed by atoms with Crippen molar-refractivity contribution < 1.29 is 4.39 Å². The first-order chi connectivity index (χ1) is 13.1. The lowest BCUT2D eigenvalue weighted by molar-refractivity contribution is 0.479. The molecule has 0 spiro atoms. The van der Waals surface area contributed by atoms with Crippen molar-refractivity contribution in [1.29, 1.82) is 0 Å². The van der Waals surface area contributed by atoms with E-state index in [-0.39, 0.29) is 11.9 Å². The minimum absolute atomic E-state index is 0.231. The zero-order valence-electron chi connectivity index (χ0n) is 15.5. The highest BCUT2D eigenvalue weighted by Crippen LogP contribution is 2.28. The predicted octanol–water partition coefficient (Wildman–Crippen LogP) is 3.14. The molecule has 3 aromatic rings. The molecule has 1 aliphatic heterocycles. The predicted molar refractivity (Wildman–Crippen MR) is 105 cm³/mol. The molecule has 0 radical (unpaired) electrons. The summed E-state index contributed by atoms with van der Waals surface area (Å²) in [5.74, 6) is 1.62. The normalized spacial score (nSPS) is 17.4. The Bertz CT molecular complexity index is 931. The van der Waals surface area contributed by atoms with E-state index in [0.29, 0.717) is 28.8 Å². The quantitative estimate of drug-likeness (QED) is 0.552. The summed E-state index contributed by atoms with van der Waals surface area (Å²) in [6.07, 6.45) is 3.96. The van der Waals surface area contributed by atoms with Gasteiger partial charge in [0.05, 0.1) is 16.6 Å². The van der Waals surface area contributed by atoms with Gasteiger partial charge in [0.2, 0.25) is 5.95 Å². The van der Waals surface area contributed by atoms with Crippen LogP contribution in [0.1, 0.15) is 26.7 Å². The molecular formula is C19H24FN7. The maximum Gasteiger partial charge on any atom is 0.224 e. The van der Waals surface area contributed by atoms with Crippen LogP contribution in [0.25, 0.3) is 22.4 Å². The highest BCUT2D eigenvalue weighted by atomic mass is 19.1. The second kappa shape index (κ2) is 7.48. The molecule has 0 amide bonds. The van der Waals surface area contributed by atoms with Crippen molar-refractivity contribution in [3.05, 3.63) is 30.2 Å². The summed E-state index contributed by atoms with van der Waals surface area (Å²) in [6.45, 7) is 6.03. The van der Waals surface area contributed by atoms with Crippen molar-refractivity contribution in [2.45, 2.75) is 38.8 Å². The van der Waals surface area contributed by atoms with Crippen LogP contribution in [0.2, 0.25) is 0 Å². The molecule has 1 aromatic carbocycles. The summed E-state index contributed by atoms with van der Waals surface area (Å²) >= 11 is 0. The van der Waals surface area contributed by atoms with E-state index in [1.165, 1.54) is 12.1 Å². The number of H-pyrrole nitrogens is 1. The summed E-state index contributed by atoms with van der Waals surface area (Å²) in [5.41, 5.74) is 2.13. The van der Waals surface area contributed by atoms with Gasteiger partial charge >= 0.3 is 0 Å². The topological polar surface area (TPSA) is 90.5 Å². The third-order valence-corrected chi connectivity index (χ3v) is 4.54. The van der Waals surface area contributed by atoms with E-state index in [1.54, 1.807) is 12.3 Å². The van der Waals surface area contributed by atoms with E-state index in [0.717, 1.165) is 37.3 Å². The molecular weight excluding hydrogens is 345 g/mol. The van der Waals surface area contributed by atoms with E-state index in [9.17, 15) is 4.39 Å². The summed E-state index contributed by atoms with van der Waals surface area (Å²) in [7, 11) is 0. The van der Waals surface area contributed by atoms with Crippen LogP contribution in [-0.4, -0.2) is 45.1 Å². The smallest absolute Gasteiger partial charge is 0.224 e. The van der Waals surface area contributed by atoms with Gasteiger partial charge in [0.15, 0.2) is 0 Å². The number of anilines is 2. The number of aromatic nitrogens is 4. The summed E-state index contributed by atoms with van der Waals surface area (Å²) in [6, 6.07) is 5.04. The van der Waals surface area contributed by atoms with Gasteiger partial charge in [0.25, 0.3) is 0 Å². The van der Waals surface area contributed by atoms with Crippen LogP contribution in [0.5, 0.6) is 0 Å². The van der Waals surface area contributed by atoms with Crippen molar-refractivity contribution in [3.8, 4) is 11.4 Å². The van der Waals surface area contributed by atoms with Gasteiger partial charge < -0.3 is 20.9 Å². The summed E-state index contributed by atoms with van der Waals surface area (Å²) in [4.78, 5) is 16.9. The second-order valence-electron chi connectivity index (χ2n) is 7.19. The molecule has 142 valence electrons. The Morgan fingerprint density at radius 3 is 2.93 bits per heavy atom. The lowest BCUT2D eigenvalue weighted by Crippen LogP contribution is -2.38. The molecule has 4 rings (SSSR count). The van der Waals surface area contributed by atoms with Gasteiger partial charge in [-0.15, -0.1) is 0 Å². The van der Waals surface area contributed by atoms with Crippen molar-refractivity contribution in [2.75, 3.05) is 23.7 Å². The highest BCUT2D eigenvalue weighted by Gasteiger charge is 2.19. The number of aromatic amines is 1.